The number of amides is 1. The van der Waals surface area contributed by atoms with Gasteiger partial charge in [0.15, 0.2) is 5.82 Å². The lowest BCUT2D eigenvalue weighted by atomic mass is 10.1. The Kier molecular flexibility index (Phi) is 4.98. The van der Waals surface area contributed by atoms with Gasteiger partial charge in [-0.25, -0.2) is 4.98 Å². The first-order valence-electron chi connectivity index (χ1n) is 8.39. The van der Waals surface area contributed by atoms with Gasteiger partial charge >= 0.3 is 0 Å². The maximum atomic E-state index is 13.1. The number of hydrogen-bond donors (Lipinski definition) is 0. The zero-order valence-corrected chi connectivity index (χ0v) is 15.0. The Morgan fingerprint density at radius 3 is 2.88 bits per heavy atom. The SMILES string of the molecule is CCOc1nccc(C)c1C(=O)N1CCN(C)[C@H](c2nc(C)no2)C1. The van der Waals surface area contributed by atoms with Crippen molar-refractivity contribution in [2.75, 3.05) is 33.3 Å². The van der Waals surface area contributed by atoms with Gasteiger partial charge in [-0.05, 0) is 39.4 Å². The highest BCUT2D eigenvalue weighted by Gasteiger charge is 2.34. The van der Waals surface area contributed by atoms with E-state index in [4.69, 9.17) is 9.26 Å². The summed E-state index contributed by atoms with van der Waals surface area (Å²) < 4.78 is 10.9. The number of nitrogens with zero attached hydrogens (tertiary/aromatic N) is 5. The van der Waals surface area contributed by atoms with Gasteiger partial charge in [0.05, 0.1) is 6.61 Å². The van der Waals surface area contributed by atoms with Crippen LogP contribution in [0.25, 0.3) is 0 Å². The summed E-state index contributed by atoms with van der Waals surface area (Å²) in [5, 5.41) is 3.86. The van der Waals surface area contributed by atoms with Crippen LogP contribution in [0.5, 0.6) is 5.88 Å². The van der Waals surface area contributed by atoms with Crippen molar-refractivity contribution < 1.29 is 14.1 Å². The molecule has 2 aromatic heterocycles. The van der Waals surface area contributed by atoms with E-state index in [-0.39, 0.29) is 11.9 Å². The summed E-state index contributed by atoms with van der Waals surface area (Å²) in [5.74, 6) is 1.43. The summed E-state index contributed by atoms with van der Waals surface area (Å²) in [6.45, 7) is 7.85. The fraction of sp³-hybridized carbons (Fsp3) is 0.529. The molecule has 0 bridgehead atoms. The molecule has 1 amide bonds. The quantitative estimate of drug-likeness (QED) is 0.832. The van der Waals surface area contributed by atoms with E-state index >= 15 is 0 Å². The molecule has 1 atom stereocenters. The predicted molar refractivity (Wildman–Crippen MR) is 90.5 cm³/mol. The van der Waals surface area contributed by atoms with Crippen LogP contribution in [0.2, 0.25) is 0 Å². The van der Waals surface area contributed by atoms with Crippen molar-refractivity contribution in [2.24, 2.45) is 0 Å². The number of aromatic nitrogens is 3. The Hall–Kier alpha value is -2.48. The van der Waals surface area contributed by atoms with Gasteiger partial charge in [0.25, 0.3) is 5.91 Å². The van der Waals surface area contributed by atoms with Crippen LogP contribution in [0.3, 0.4) is 0 Å². The molecule has 0 N–H and O–H groups in total. The summed E-state index contributed by atoms with van der Waals surface area (Å²) in [6, 6.07) is 1.71. The maximum absolute atomic E-state index is 13.1. The number of rotatable bonds is 4. The van der Waals surface area contributed by atoms with E-state index in [0.29, 0.717) is 42.9 Å². The van der Waals surface area contributed by atoms with Gasteiger partial charge in [-0.2, -0.15) is 4.98 Å². The first kappa shape index (κ1) is 17.3. The first-order chi connectivity index (χ1) is 12.0. The molecule has 3 heterocycles. The minimum absolute atomic E-state index is 0.0802. The molecule has 134 valence electrons. The second kappa shape index (κ2) is 7.18. The van der Waals surface area contributed by atoms with Crippen molar-refractivity contribution >= 4 is 5.91 Å². The van der Waals surface area contributed by atoms with E-state index in [1.165, 1.54) is 0 Å². The zero-order chi connectivity index (χ0) is 18.0. The van der Waals surface area contributed by atoms with Crippen molar-refractivity contribution in [3.8, 4) is 5.88 Å². The number of pyridine rings is 1. The molecule has 0 aliphatic carbocycles. The van der Waals surface area contributed by atoms with Crippen molar-refractivity contribution in [2.45, 2.75) is 26.8 Å². The molecular formula is C17H23N5O3. The molecule has 0 saturated carbocycles. The van der Waals surface area contributed by atoms with Crippen LogP contribution in [0.4, 0.5) is 0 Å². The third-order valence-corrected chi connectivity index (χ3v) is 4.38. The van der Waals surface area contributed by atoms with Crippen molar-refractivity contribution in [1.29, 1.82) is 0 Å². The standard InChI is InChI=1S/C17H23N5O3/c1-5-24-16-14(11(2)6-7-18-16)17(23)22-9-8-21(4)13(10-22)15-19-12(3)20-25-15/h6-7,13H,5,8-10H2,1-4H3/t13-/m0/s1. The average Bonchev–Trinajstić information content (AvgIpc) is 3.01. The topological polar surface area (TPSA) is 84.6 Å². The lowest BCUT2D eigenvalue weighted by molar-refractivity contribution is 0.0484. The highest BCUT2D eigenvalue weighted by molar-refractivity contribution is 5.97. The second-order valence-corrected chi connectivity index (χ2v) is 6.17. The molecule has 0 aromatic carbocycles. The monoisotopic (exact) mass is 345 g/mol. The van der Waals surface area contributed by atoms with Crippen molar-refractivity contribution in [3.63, 3.8) is 0 Å². The molecular weight excluding hydrogens is 322 g/mol. The molecule has 0 spiro atoms. The third-order valence-electron chi connectivity index (χ3n) is 4.38. The first-order valence-corrected chi connectivity index (χ1v) is 8.39. The minimum atomic E-state index is -0.119. The average molecular weight is 345 g/mol. The number of ether oxygens (including phenoxy) is 1. The number of carbonyl (C=O) groups excluding carboxylic acids is 1. The number of carbonyl (C=O) groups is 1. The molecule has 1 aliphatic heterocycles. The molecule has 2 aromatic rings. The molecule has 0 unspecified atom stereocenters. The van der Waals surface area contributed by atoms with Crippen LogP contribution in [0, 0.1) is 13.8 Å². The molecule has 1 fully saturated rings. The largest absolute Gasteiger partial charge is 0.477 e. The zero-order valence-electron chi connectivity index (χ0n) is 15.0. The minimum Gasteiger partial charge on any atom is -0.477 e. The Labute approximate surface area is 146 Å². The molecule has 1 saturated heterocycles. The van der Waals surface area contributed by atoms with E-state index in [0.717, 1.165) is 12.1 Å². The number of piperazine rings is 1. The highest BCUT2D eigenvalue weighted by atomic mass is 16.5. The summed E-state index contributed by atoms with van der Waals surface area (Å²) in [5.41, 5.74) is 1.38. The van der Waals surface area contributed by atoms with Crippen LogP contribution in [-0.4, -0.2) is 64.1 Å². The van der Waals surface area contributed by atoms with Crippen molar-refractivity contribution in [3.05, 3.63) is 35.1 Å². The van der Waals surface area contributed by atoms with Gasteiger partial charge in [-0.1, -0.05) is 5.16 Å². The summed E-state index contributed by atoms with van der Waals surface area (Å²) >= 11 is 0. The van der Waals surface area contributed by atoms with Gasteiger partial charge in [-0.3, -0.25) is 9.69 Å². The van der Waals surface area contributed by atoms with Gasteiger partial charge in [0, 0.05) is 25.8 Å². The lowest BCUT2D eigenvalue weighted by Gasteiger charge is -2.37. The van der Waals surface area contributed by atoms with Crippen LogP contribution >= 0.6 is 0 Å². The highest BCUT2D eigenvalue weighted by Crippen LogP contribution is 2.27. The van der Waals surface area contributed by atoms with E-state index in [9.17, 15) is 4.79 Å². The second-order valence-electron chi connectivity index (χ2n) is 6.17. The number of aryl methyl sites for hydroxylation is 2. The Bertz CT molecular complexity index is 760. The van der Waals surface area contributed by atoms with Gasteiger partial charge in [0.1, 0.15) is 11.6 Å². The Morgan fingerprint density at radius 2 is 2.20 bits per heavy atom. The van der Waals surface area contributed by atoms with Crippen molar-refractivity contribution in [1.82, 2.24) is 24.9 Å². The lowest BCUT2D eigenvalue weighted by Crippen LogP contribution is -2.49. The van der Waals surface area contributed by atoms with Crippen LogP contribution < -0.4 is 4.74 Å². The molecule has 0 radical (unpaired) electrons. The van der Waals surface area contributed by atoms with Gasteiger partial charge in [0.2, 0.25) is 11.8 Å². The van der Waals surface area contributed by atoms with E-state index in [2.05, 4.69) is 20.0 Å². The van der Waals surface area contributed by atoms with Gasteiger partial charge in [-0.15, -0.1) is 0 Å². The van der Waals surface area contributed by atoms with Crippen LogP contribution in [0.1, 0.15) is 40.6 Å². The number of likely N-dealkylation sites (N-methyl/N-ethyl adjacent to an activating group) is 1. The molecule has 8 heteroatoms. The third kappa shape index (κ3) is 3.48. The Morgan fingerprint density at radius 1 is 1.40 bits per heavy atom. The summed E-state index contributed by atoms with van der Waals surface area (Å²) in [4.78, 5) is 25.6. The fourth-order valence-electron chi connectivity index (χ4n) is 2.97. The number of hydrogen-bond acceptors (Lipinski definition) is 7. The predicted octanol–water partition coefficient (Wildman–Crippen LogP) is 1.61. The van der Waals surface area contributed by atoms with Crippen LogP contribution in [-0.2, 0) is 0 Å². The molecule has 8 nitrogen and oxygen atoms in total. The summed E-state index contributed by atoms with van der Waals surface area (Å²) in [6.07, 6.45) is 1.66. The van der Waals surface area contributed by atoms with E-state index in [1.807, 2.05) is 27.0 Å². The van der Waals surface area contributed by atoms with E-state index < -0.39 is 0 Å². The smallest absolute Gasteiger partial charge is 0.259 e. The maximum Gasteiger partial charge on any atom is 0.259 e. The van der Waals surface area contributed by atoms with E-state index in [1.54, 1.807) is 18.0 Å². The molecule has 1 aliphatic rings. The Balaban J connectivity index is 1.86. The van der Waals surface area contributed by atoms with Crippen LogP contribution in [0.15, 0.2) is 16.8 Å². The van der Waals surface area contributed by atoms with Gasteiger partial charge < -0.3 is 14.2 Å². The fourth-order valence-corrected chi connectivity index (χ4v) is 2.97. The summed E-state index contributed by atoms with van der Waals surface area (Å²) in [7, 11) is 1.99. The molecule has 25 heavy (non-hydrogen) atoms. The molecule has 3 rings (SSSR count). The normalized spacial score (nSPS) is 18.4.